The maximum atomic E-state index is 12.2. The largest absolute Gasteiger partial charge is 0.497 e. The van der Waals surface area contributed by atoms with Crippen LogP contribution >= 0.6 is 0 Å². The minimum absolute atomic E-state index is 0.0415. The first-order valence-electron chi connectivity index (χ1n) is 10.1. The van der Waals surface area contributed by atoms with Crippen molar-refractivity contribution in [2.24, 2.45) is 5.29 Å². The van der Waals surface area contributed by atoms with E-state index in [9.17, 15) is 9.70 Å². The standard InChI is InChI=1S/C23H30N2O6/c1-17(15-18-7-10-20(28-2)11-8-18)25(24-27)13-5-6-14-31-23(26)19-9-12-21(29-3)22(16-19)30-4/h7-12,16-17H,5-6,13-15H2,1-4H3. The van der Waals surface area contributed by atoms with Gasteiger partial charge in [0.25, 0.3) is 0 Å². The van der Waals surface area contributed by atoms with Crippen molar-refractivity contribution in [2.75, 3.05) is 34.5 Å². The summed E-state index contributed by atoms with van der Waals surface area (Å²) in [6.45, 7) is 2.71. The number of benzene rings is 2. The summed E-state index contributed by atoms with van der Waals surface area (Å²) in [5, 5.41) is 4.69. The van der Waals surface area contributed by atoms with E-state index in [1.807, 2.05) is 31.2 Å². The third kappa shape index (κ3) is 7.16. The molecule has 0 aliphatic heterocycles. The maximum absolute atomic E-state index is 12.2. The SMILES string of the molecule is COc1ccc(CC(C)N(CCCCOC(=O)c2ccc(OC)c(OC)c2)N=O)cc1. The lowest BCUT2D eigenvalue weighted by molar-refractivity contribution is 0.0493. The molecule has 8 nitrogen and oxygen atoms in total. The van der Waals surface area contributed by atoms with E-state index in [-0.39, 0.29) is 12.6 Å². The van der Waals surface area contributed by atoms with Gasteiger partial charge in [-0.05, 0) is 62.1 Å². The van der Waals surface area contributed by atoms with Gasteiger partial charge in [0.1, 0.15) is 5.75 Å². The van der Waals surface area contributed by atoms with E-state index in [0.717, 1.165) is 11.3 Å². The lowest BCUT2D eigenvalue weighted by Crippen LogP contribution is -2.30. The number of esters is 1. The minimum Gasteiger partial charge on any atom is -0.497 e. The van der Waals surface area contributed by atoms with Crippen LogP contribution in [0.5, 0.6) is 17.2 Å². The summed E-state index contributed by atoms with van der Waals surface area (Å²) < 4.78 is 20.8. The normalized spacial score (nSPS) is 11.4. The van der Waals surface area contributed by atoms with Crippen LogP contribution in [0.25, 0.3) is 0 Å². The summed E-state index contributed by atoms with van der Waals surface area (Å²) in [7, 11) is 4.67. The minimum atomic E-state index is -0.431. The molecule has 0 bridgehead atoms. The highest BCUT2D eigenvalue weighted by Gasteiger charge is 2.15. The van der Waals surface area contributed by atoms with Gasteiger partial charge in [0.15, 0.2) is 11.5 Å². The first kappa shape index (κ1) is 24.0. The van der Waals surface area contributed by atoms with Gasteiger partial charge in [0.05, 0.1) is 44.8 Å². The van der Waals surface area contributed by atoms with Crippen LogP contribution in [0.2, 0.25) is 0 Å². The van der Waals surface area contributed by atoms with E-state index in [1.54, 1.807) is 25.3 Å². The monoisotopic (exact) mass is 430 g/mol. The molecule has 2 aromatic rings. The molecule has 0 amide bonds. The van der Waals surface area contributed by atoms with Gasteiger partial charge in [-0.2, -0.15) is 0 Å². The van der Waals surface area contributed by atoms with E-state index in [2.05, 4.69) is 5.29 Å². The second kappa shape index (κ2) is 12.4. The molecule has 1 unspecified atom stereocenters. The molecule has 0 saturated carbocycles. The zero-order valence-electron chi connectivity index (χ0n) is 18.5. The number of carbonyl (C=O) groups excluding carboxylic acids is 1. The summed E-state index contributed by atoms with van der Waals surface area (Å²) in [4.78, 5) is 23.5. The fourth-order valence-electron chi connectivity index (χ4n) is 3.14. The highest BCUT2D eigenvalue weighted by molar-refractivity contribution is 5.90. The van der Waals surface area contributed by atoms with Crippen LogP contribution in [0, 0.1) is 4.91 Å². The van der Waals surface area contributed by atoms with Gasteiger partial charge < -0.3 is 18.9 Å². The Balaban J connectivity index is 1.74. The lowest BCUT2D eigenvalue weighted by Gasteiger charge is -2.23. The number of rotatable bonds is 13. The molecule has 0 N–H and O–H groups in total. The number of hydrogen-bond acceptors (Lipinski definition) is 7. The van der Waals surface area contributed by atoms with Crippen LogP contribution in [0.3, 0.4) is 0 Å². The van der Waals surface area contributed by atoms with E-state index in [0.29, 0.717) is 42.9 Å². The summed E-state index contributed by atoms with van der Waals surface area (Å²) in [6, 6.07) is 12.6. The maximum Gasteiger partial charge on any atom is 0.338 e. The molecular weight excluding hydrogens is 400 g/mol. The number of ether oxygens (including phenoxy) is 4. The Hall–Kier alpha value is -3.29. The van der Waals surface area contributed by atoms with Crippen molar-refractivity contribution in [1.82, 2.24) is 5.01 Å². The van der Waals surface area contributed by atoms with Crippen molar-refractivity contribution >= 4 is 5.97 Å². The highest BCUT2D eigenvalue weighted by Crippen LogP contribution is 2.27. The quantitative estimate of drug-likeness (QED) is 0.203. The average Bonchev–Trinajstić information content (AvgIpc) is 2.81. The smallest absolute Gasteiger partial charge is 0.338 e. The van der Waals surface area contributed by atoms with Crippen LogP contribution in [0.15, 0.2) is 47.8 Å². The molecule has 0 heterocycles. The Bertz CT molecular complexity index is 840. The van der Waals surface area contributed by atoms with Gasteiger partial charge >= 0.3 is 5.97 Å². The van der Waals surface area contributed by atoms with Crippen molar-refractivity contribution in [2.45, 2.75) is 32.2 Å². The van der Waals surface area contributed by atoms with Crippen LogP contribution < -0.4 is 14.2 Å². The third-order valence-corrected chi connectivity index (χ3v) is 4.94. The Labute approximate surface area is 183 Å². The highest BCUT2D eigenvalue weighted by atomic mass is 16.5. The molecule has 0 fully saturated rings. The topological polar surface area (TPSA) is 86.7 Å². The molecular formula is C23H30N2O6. The van der Waals surface area contributed by atoms with Crippen molar-refractivity contribution in [1.29, 1.82) is 0 Å². The van der Waals surface area contributed by atoms with Gasteiger partial charge in [-0.1, -0.05) is 12.1 Å². The Morgan fingerprint density at radius 3 is 2.29 bits per heavy atom. The molecule has 8 heteroatoms. The average molecular weight is 431 g/mol. The molecule has 0 radical (unpaired) electrons. The van der Waals surface area contributed by atoms with Crippen LogP contribution in [-0.4, -0.2) is 51.5 Å². The van der Waals surface area contributed by atoms with Gasteiger partial charge in [0, 0.05) is 6.54 Å². The van der Waals surface area contributed by atoms with E-state index < -0.39 is 5.97 Å². The molecule has 0 spiro atoms. The molecule has 168 valence electrons. The first-order valence-corrected chi connectivity index (χ1v) is 10.1. The fraction of sp³-hybridized carbons (Fsp3) is 0.435. The van der Waals surface area contributed by atoms with Crippen molar-refractivity contribution in [3.8, 4) is 17.2 Å². The predicted octanol–water partition coefficient (Wildman–Crippen LogP) is 4.26. The lowest BCUT2D eigenvalue weighted by atomic mass is 10.1. The molecule has 0 aliphatic carbocycles. The van der Waals surface area contributed by atoms with Crippen molar-refractivity contribution < 1.29 is 23.7 Å². The van der Waals surface area contributed by atoms with Gasteiger partial charge in [-0.25, -0.2) is 4.79 Å². The summed E-state index contributed by atoms with van der Waals surface area (Å²) in [5.41, 5.74) is 1.49. The Morgan fingerprint density at radius 1 is 0.968 bits per heavy atom. The fourth-order valence-corrected chi connectivity index (χ4v) is 3.14. The number of nitrogens with zero attached hydrogens (tertiary/aromatic N) is 2. The van der Waals surface area contributed by atoms with E-state index in [1.165, 1.54) is 19.2 Å². The van der Waals surface area contributed by atoms with Gasteiger partial charge in [0.2, 0.25) is 0 Å². The molecule has 0 aromatic heterocycles. The Morgan fingerprint density at radius 2 is 1.68 bits per heavy atom. The summed E-state index contributed by atoms with van der Waals surface area (Å²) >= 11 is 0. The second-order valence-corrected chi connectivity index (χ2v) is 7.06. The number of unbranched alkanes of at least 4 members (excludes halogenated alkanes) is 1. The number of carbonyl (C=O) groups is 1. The number of methoxy groups -OCH3 is 3. The molecule has 31 heavy (non-hydrogen) atoms. The van der Waals surface area contributed by atoms with Gasteiger partial charge in [-0.3, -0.25) is 5.01 Å². The molecule has 2 rings (SSSR count). The van der Waals surface area contributed by atoms with Crippen LogP contribution in [0.4, 0.5) is 0 Å². The van der Waals surface area contributed by atoms with Crippen LogP contribution in [0.1, 0.15) is 35.7 Å². The summed E-state index contributed by atoms with van der Waals surface area (Å²) in [5.74, 6) is 1.38. The predicted molar refractivity (Wildman–Crippen MR) is 118 cm³/mol. The van der Waals surface area contributed by atoms with Crippen molar-refractivity contribution in [3.63, 3.8) is 0 Å². The van der Waals surface area contributed by atoms with Crippen molar-refractivity contribution in [3.05, 3.63) is 58.5 Å². The molecule has 2 aromatic carbocycles. The molecule has 0 saturated heterocycles. The Kier molecular flexibility index (Phi) is 9.61. The second-order valence-electron chi connectivity index (χ2n) is 7.06. The van der Waals surface area contributed by atoms with E-state index in [4.69, 9.17) is 18.9 Å². The molecule has 1 atom stereocenters. The zero-order chi connectivity index (χ0) is 22.6. The van der Waals surface area contributed by atoms with E-state index >= 15 is 0 Å². The summed E-state index contributed by atoms with van der Waals surface area (Å²) in [6.07, 6.45) is 2.00. The number of nitroso groups, excluding NO2 is 1. The third-order valence-electron chi connectivity index (χ3n) is 4.94. The van der Waals surface area contributed by atoms with Gasteiger partial charge in [-0.15, -0.1) is 4.91 Å². The first-order chi connectivity index (χ1) is 15.0. The molecule has 0 aliphatic rings. The zero-order valence-corrected chi connectivity index (χ0v) is 18.5. The number of hydrogen-bond donors (Lipinski definition) is 0. The van der Waals surface area contributed by atoms with Crippen LogP contribution in [-0.2, 0) is 11.2 Å².